The van der Waals surface area contributed by atoms with Crippen molar-refractivity contribution in [2.24, 2.45) is 0 Å². The van der Waals surface area contributed by atoms with Crippen molar-refractivity contribution in [2.45, 2.75) is 27.7 Å². The van der Waals surface area contributed by atoms with Crippen molar-refractivity contribution in [1.82, 2.24) is 39.7 Å². The molecule has 108 heavy (non-hydrogen) atoms. The van der Waals surface area contributed by atoms with E-state index >= 15 is 0 Å². The first-order valence-corrected chi connectivity index (χ1v) is 37.1. The van der Waals surface area contributed by atoms with Crippen LogP contribution in [0.5, 0.6) is 0 Å². The topological polar surface area (TPSA) is 397 Å². The zero-order chi connectivity index (χ0) is 77.9. The Morgan fingerprint density at radius 1 is 0.472 bits per heavy atom. The summed E-state index contributed by atoms with van der Waals surface area (Å²) in [6.45, 7) is 22.2. The van der Waals surface area contributed by atoms with Crippen LogP contribution in [-0.4, -0.2) is 311 Å². The number of nitrogens with one attached hydrogen (secondary N) is 4. The van der Waals surface area contributed by atoms with Gasteiger partial charge in [0.15, 0.2) is 10.3 Å². The van der Waals surface area contributed by atoms with Crippen LogP contribution in [0.2, 0.25) is 10.0 Å². The molecule has 2 amide bonds. The number of piperazine rings is 2. The Hall–Kier alpha value is -7.16. The van der Waals surface area contributed by atoms with Crippen LogP contribution < -0.4 is 31.1 Å². The SMILES string of the molecule is COCCOCCOCCO.COCCOCCOCCOCC(=O)O.COCCOOCCOOCCOCC(=O)OCCN1CCN(c2cc(Nc3ncc(C(=O)Nc4c(C)cccc4Cl)s3)nc(C)n2)CC1.Cc1nc(Nc2ncc(C(=O)Nc3c(C)cccc3Cl)s2)cc(N2CCN(CCO)CC2)n1. The third-order valence-corrected chi connectivity index (χ3v) is 17.2. The number of carbonyl (C=O) groups is 4. The smallest absolute Gasteiger partial charge is 0.332 e. The van der Waals surface area contributed by atoms with Crippen molar-refractivity contribution in [3.63, 3.8) is 0 Å². The number of hydrogen-bond donors (Lipinski definition) is 7. The summed E-state index contributed by atoms with van der Waals surface area (Å²) in [6.07, 6.45) is 3.05. The number of esters is 1. The first kappa shape index (κ1) is 91.5. The third-order valence-electron chi connectivity index (χ3n) is 14.7. The lowest BCUT2D eigenvalue weighted by Gasteiger charge is -2.35. The average molecular weight is 1600 g/mol. The van der Waals surface area contributed by atoms with Crippen molar-refractivity contribution in [3.8, 4) is 0 Å². The Bertz CT molecular complexity index is 3460. The van der Waals surface area contributed by atoms with Gasteiger partial charge in [0.05, 0.1) is 133 Å². The van der Waals surface area contributed by atoms with Gasteiger partial charge in [0.1, 0.15) is 90.9 Å². The van der Waals surface area contributed by atoms with E-state index in [1.807, 2.05) is 64.1 Å². The van der Waals surface area contributed by atoms with Gasteiger partial charge in [0.2, 0.25) is 0 Å². The van der Waals surface area contributed by atoms with Gasteiger partial charge in [0.25, 0.3) is 11.8 Å². The first-order chi connectivity index (χ1) is 52.4. The van der Waals surface area contributed by atoms with E-state index in [9.17, 15) is 19.2 Å². The largest absolute Gasteiger partial charge is 0.480 e. The lowest BCUT2D eigenvalue weighted by molar-refractivity contribution is -0.343. The van der Waals surface area contributed by atoms with Gasteiger partial charge in [-0.3, -0.25) is 19.4 Å². The Balaban J connectivity index is 0.000000301. The number of aliphatic hydroxyl groups is 2. The number of hydrogen-bond acceptors (Lipinski definition) is 34. The van der Waals surface area contributed by atoms with Crippen LogP contribution in [0.25, 0.3) is 0 Å². The minimum atomic E-state index is -0.974. The molecule has 2 aliphatic heterocycles. The molecule has 0 unspecified atom stereocenters. The van der Waals surface area contributed by atoms with E-state index in [1.165, 1.54) is 35.1 Å². The number of aryl methyl sites for hydroxylation is 4. The number of aromatic nitrogens is 6. The summed E-state index contributed by atoms with van der Waals surface area (Å²) in [5, 5.41) is 39.9. The highest BCUT2D eigenvalue weighted by Gasteiger charge is 2.23. The number of ether oxygens (including phenoxy) is 10. The van der Waals surface area contributed by atoms with E-state index in [1.54, 1.807) is 33.5 Å². The van der Waals surface area contributed by atoms with Crippen molar-refractivity contribution in [2.75, 3.05) is 263 Å². The molecule has 2 aromatic carbocycles. The summed E-state index contributed by atoms with van der Waals surface area (Å²) < 4.78 is 50.0. The number of benzene rings is 2. The van der Waals surface area contributed by atoms with Crippen LogP contribution in [0.4, 0.5) is 44.9 Å². The van der Waals surface area contributed by atoms with Gasteiger partial charge in [-0.1, -0.05) is 70.1 Å². The second-order valence-electron chi connectivity index (χ2n) is 22.9. The zero-order valence-electron chi connectivity index (χ0n) is 62.1. The molecule has 0 radical (unpaired) electrons. The fraction of sp³-hybridized carbons (Fsp3) is 0.565. The van der Waals surface area contributed by atoms with Gasteiger partial charge in [-0.15, -0.1) is 0 Å². The number of methoxy groups -OCH3 is 3. The molecule has 39 heteroatoms. The van der Waals surface area contributed by atoms with E-state index in [0.29, 0.717) is 157 Å². The molecular weight excluding hydrogens is 1500 g/mol. The molecule has 7 N–H and O–H groups in total. The first-order valence-electron chi connectivity index (χ1n) is 34.7. The van der Waals surface area contributed by atoms with Crippen LogP contribution in [0, 0.1) is 27.7 Å². The third kappa shape index (κ3) is 38.0. The fourth-order valence-corrected chi connectivity index (χ4v) is 11.4. The molecule has 2 fully saturated rings. The van der Waals surface area contributed by atoms with Crippen molar-refractivity contribution in [3.05, 3.63) is 103 Å². The maximum Gasteiger partial charge on any atom is 0.332 e. The molecular formula is C69H102Cl2N14O21S2. The van der Waals surface area contributed by atoms with Gasteiger partial charge in [-0.2, -0.15) is 0 Å². The van der Waals surface area contributed by atoms with Crippen LogP contribution in [0.15, 0.2) is 60.9 Å². The lowest BCUT2D eigenvalue weighted by Crippen LogP contribution is -2.47. The molecule has 2 saturated heterocycles. The predicted octanol–water partition coefficient (Wildman–Crippen LogP) is 6.16. The Morgan fingerprint density at radius 3 is 1.29 bits per heavy atom. The number of β-amino-alcohol motifs (C(OH)–C–C–N with tert-alkyl or cyclic N) is 1. The van der Waals surface area contributed by atoms with Crippen molar-refractivity contribution < 1.29 is 101 Å². The normalized spacial score (nSPS) is 13.0. The van der Waals surface area contributed by atoms with Gasteiger partial charge in [-0.25, -0.2) is 59.0 Å². The molecule has 6 heterocycles. The van der Waals surface area contributed by atoms with E-state index < -0.39 is 11.9 Å². The molecule has 0 spiro atoms. The summed E-state index contributed by atoms with van der Waals surface area (Å²) in [6, 6.07) is 14.7. The number of aliphatic carboxylic acids is 1. The number of carboxylic acids is 1. The number of carboxylic acid groups (broad SMARTS) is 1. The summed E-state index contributed by atoms with van der Waals surface area (Å²) in [5.74, 6) is 2.11. The molecule has 6 aromatic rings. The molecule has 2 aliphatic rings. The standard InChI is InChI=1S/C31H42ClN7O9S.C22H26ClN7O2S.C9H18O6.C7H16O4/c1-22-5-4-6-24(32)29(22)37-30(41)25-20-33-31(49-25)36-26-19-27(35-23(2)34-26)39-9-7-38(8-10-39)11-12-44-28(40)21-43-14-16-46-48-18-17-47-45-15-13-42-3;1-14-4-3-5-16(23)20(14)28-21(32)17-13-24-22(33-17)27-18-12-19(26-15(2)25-18)30-8-6-29(7-9-30)10-11-31;1-12-2-3-13-4-5-14-6-7-15-8-9(10)11;1-9-4-5-11-7-6-10-3-2-8/h4-6,19-20H,7-18,21H2,1-3H3,(H,37,41)(H,33,34,35,36);3-5,12-13,31H,6-11H2,1-2H3,(H,28,32)(H,24,25,26,27);2-8H2,1H3,(H,10,11);8H,2-7H2,1H3. The van der Waals surface area contributed by atoms with Gasteiger partial charge in [-0.05, 0) is 51.0 Å². The quantitative estimate of drug-likeness (QED) is 0.00972. The molecule has 0 bridgehead atoms. The number of anilines is 8. The van der Waals surface area contributed by atoms with Crippen molar-refractivity contribution in [1.29, 1.82) is 0 Å². The number of rotatable bonds is 47. The Morgan fingerprint density at radius 2 is 0.861 bits per heavy atom. The zero-order valence-corrected chi connectivity index (χ0v) is 65.3. The highest BCUT2D eigenvalue weighted by atomic mass is 35.5. The van der Waals surface area contributed by atoms with Crippen LogP contribution in [-0.2, 0) is 76.5 Å². The molecule has 8 rings (SSSR count). The number of halogens is 2. The second kappa shape index (κ2) is 55.3. The van der Waals surface area contributed by atoms with E-state index in [0.717, 1.165) is 75.1 Å². The van der Waals surface area contributed by atoms with Crippen molar-refractivity contribution >= 4 is 115 Å². The van der Waals surface area contributed by atoms with Crippen LogP contribution in [0.3, 0.4) is 0 Å². The van der Waals surface area contributed by atoms with Gasteiger partial charge in [0, 0.05) is 98.9 Å². The van der Waals surface area contributed by atoms with E-state index in [4.69, 9.17) is 105 Å². The molecule has 0 atom stereocenters. The predicted molar refractivity (Wildman–Crippen MR) is 407 cm³/mol. The molecule has 0 aliphatic carbocycles. The average Bonchev–Trinajstić information content (AvgIpc) is 1.33. The Kier molecular flexibility index (Phi) is 46.8. The second-order valence-corrected chi connectivity index (χ2v) is 25.8. The van der Waals surface area contributed by atoms with Crippen LogP contribution in [0.1, 0.15) is 42.1 Å². The van der Waals surface area contributed by atoms with Crippen LogP contribution >= 0.6 is 45.9 Å². The van der Waals surface area contributed by atoms with Gasteiger partial charge < -0.3 is 93.8 Å². The molecule has 600 valence electrons. The number of thiazole rings is 2. The summed E-state index contributed by atoms with van der Waals surface area (Å²) in [7, 11) is 4.81. The number of aliphatic hydroxyl groups excluding tert-OH is 2. The molecule has 35 nitrogen and oxygen atoms in total. The summed E-state index contributed by atoms with van der Waals surface area (Å²) in [4.78, 5) is 104. The number of amides is 2. The molecule has 4 aromatic heterocycles. The number of carbonyl (C=O) groups excluding carboxylic acids is 3. The summed E-state index contributed by atoms with van der Waals surface area (Å²) in [5.41, 5.74) is 2.93. The van der Waals surface area contributed by atoms with E-state index in [2.05, 4.69) is 70.8 Å². The van der Waals surface area contributed by atoms with Gasteiger partial charge >= 0.3 is 11.9 Å². The number of nitrogens with zero attached hydrogens (tertiary/aromatic N) is 10. The number of para-hydroxylation sites is 2. The highest BCUT2D eigenvalue weighted by molar-refractivity contribution is 7.18. The fourth-order valence-electron chi connectivity index (χ4n) is 9.39. The summed E-state index contributed by atoms with van der Waals surface area (Å²) >= 11 is 14.9. The highest BCUT2D eigenvalue weighted by Crippen LogP contribution is 2.31. The minimum absolute atomic E-state index is 0.0675. The Labute approximate surface area is 646 Å². The molecule has 0 saturated carbocycles. The minimum Gasteiger partial charge on any atom is -0.480 e. The maximum absolute atomic E-state index is 12.8. The maximum atomic E-state index is 12.8. The monoisotopic (exact) mass is 1600 g/mol. The lowest BCUT2D eigenvalue weighted by atomic mass is 10.2. The van der Waals surface area contributed by atoms with E-state index in [-0.39, 0.29) is 77.9 Å².